The fourth-order valence-corrected chi connectivity index (χ4v) is 3.60. The van der Waals surface area contributed by atoms with Crippen molar-refractivity contribution in [3.05, 3.63) is 35.9 Å². The van der Waals surface area contributed by atoms with Gasteiger partial charge in [-0.25, -0.2) is 0 Å². The average Bonchev–Trinajstić information content (AvgIpc) is 2.99. The Bertz CT molecular complexity index is 433. The first-order valence-electron chi connectivity index (χ1n) is 7.32. The third kappa shape index (κ3) is 2.66. The minimum absolute atomic E-state index is 0.137. The summed E-state index contributed by atoms with van der Waals surface area (Å²) in [7, 11) is 0. The van der Waals surface area contributed by atoms with Crippen molar-refractivity contribution in [1.82, 2.24) is 4.90 Å². The Morgan fingerprint density at radius 3 is 2.47 bits per heavy atom. The molecule has 2 N–H and O–H groups in total. The van der Waals surface area contributed by atoms with E-state index in [1.165, 1.54) is 19.3 Å². The van der Waals surface area contributed by atoms with Gasteiger partial charge in [-0.2, -0.15) is 0 Å². The number of carbonyl (C=O) groups is 1. The van der Waals surface area contributed by atoms with Gasteiger partial charge in [0.1, 0.15) is 0 Å². The van der Waals surface area contributed by atoms with Crippen LogP contribution in [0.2, 0.25) is 0 Å². The predicted octanol–water partition coefficient (Wildman–Crippen LogP) is 1.81. The van der Waals surface area contributed by atoms with Crippen LogP contribution >= 0.6 is 0 Å². The van der Waals surface area contributed by atoms with Gasteiger partial charge < -0.3 is 10.6 Å². The third-order valence-electron chi connectivity index (χ3n) is 4.65. The molecular weight excluding hydrogens is 236 g/mol. The maximum Gasteiger partial charge on any atom is 0.239 e. The Morgan fingerprint density at radius 1 is 1.21 bits per heavy atom. The van der Waals surface area contributed by atoms with Crippen LogP contribution in [0.15, 0.2) is 30.3 Å². The summed E-state index contributed by atoms with van der Waals surface area (Å²) in [4.78, 5) is 14.4. The number of fused-ring (bicyclic) bond motifs is 1. The number of benzene rings is 1. The second-order valence-corrected chi connectivity index (χ2v) is 5.99. The molecule has 3 atom stereocenters. The fourth-order valence-electron chi connectivity index (χ4n) is 3.60. The molecule has 1 aromatic carbocycles. The van der Waals surface area contributed by atoms with E-state index >= 15 is 0 Å². The topological polar surface area (TPSA) is 46.3 Å². The first kappa shape index (κ1) is 12.7. The van der Waals surface area contributed by atoms with Gasteiger partial charge in [-0.3, -0.25) is 4.79 Å². The lowest BCUT2D eigenvalue weighted by Gasteiger charge is -2.21. The van der Waals surface area contributed by atoms with Crippen LogP contribution in [0.4, 0.5) is 0 Å². The molecule has 1 aliphatic carbocycles. The van der Waals surface area contributed by atoms with E-state index in [-0.39, 0.29) is 11.9 Å². The first-order valence-corrected chi connectivity index (χ1v) is 7.32. The van der Waals surface area contributed by atoms with Crippen molar-refractivity contribution in [3.63, 3.8) is 0 Å². The van der Waals surface area contributed by atoms with Gasteiger partial charge in [0.15, 0.2) is 0 Å². The number of hydrogen-bond acceptors (Lipinski definition) is 2. The highest BCUT2D eigenvalue weighted by Gasteiger charge is 2.38. The predicted molar refractivity (Wildman–Crippen MR) is 75.5 cm³/mol. The largest absolute Gasteiger partial charge is 0.341 e. The summed E-state index contributed by atoms with van der Waals surface area (Å²) in [5, 5.41) is 0. The van der Waals surface area contributed by atoms with Gasteiger partial charge in [-0.1, -0.05) is 36.8 Å². The normalized spacial score (nSPS) is 27.3. The number of amides is 1. The molecule has 0 spiro atoms. The van der Waals surface area contributed by atoms with E-state index in [4.69, 9.17) is 5.73 Å². The molecule has 3 heteroatoms. The molecule has 1 saturated carbocycles. The van der Waals surface area contributed by atoms with E-state index in [0.717, 1.165) is 30.5 Å². The minimum atomic E-state index is -0.388. The molecule has 2 fully saturated rings. The standard InChI is InChI=1S/C16H22N2O/c17-15(9-12-5-2-1-3-6-12)16(19)18-10-13-7-4-8-14(13)11-18/h1-3,5-6,13-15H,4,7-11,17H2. The lowest BCUT2D eigenvalue weighted by molar-refractivity contribution is -0.131. The van der Waals surface area contributed by atoms with Crippen LogP contribution in [-0.2, 0) is 11.2 Å². The maximum absolute atomic E-state index is 12.4. The Labute approximate surface area is 114 Å². The van der Waals surface area contributed by atoms with Gasteiger partial charge in [0, 0.05) is 13.1 Å². The molecule has 1 heterocycles. The summed E-state index contributed by atoms with van der Waals surface area (Å²) in [6.07, 6.45) is 4.57. The molecule has 0 radical (unpaired) electrons. The number of carbonyl (C=O) groups excluding carboxylic acids is 1. The van der Waals surface area contributed by atoms with Gasteiger partial charge in [-0.05, 0) is 36.7 Å². The van der Waals surface area contributed by atoms with Crippen molar-refractivity contribution >= 4 is 5.91 Å². The van der Waals surface area contributed by atoms with Crippen LogP contribution in [0.25, 0.3) is 0 Å². The Hall–Kier alpha value is -1.35. The second kappa shape index (κ2) is 5.33. The van der Waals surface area contributed by atoms with E-state index in [9.17, 15) is 4.79 Å². The number of hydrogen-bond donors (Lipinski definition) is 1. The van der Waals surface area contributed by atoms with Crippen LogP contribution in [0.1, 0.15) is 24.8 Å². The monoisotopic (exact) mass is 258 g/mol. The first-order chi connectivity index (χ1) is 9.24. The third-order valence-corrected chi connectivity index (χ3v) is 4.65. The number of likely N-dealkylation sites (tertiary alicyclic amines) is 1. The quantitative estimate of drug-likeness (QED) is 0.899. The SMILES string of the molecule is NC(Cc1ccccc1)C(=O)N1CC2CCCC2C1. The van der Waals surface area contributed by atoms with Gasteiger partial charge in [-0.15, -0.1) is 0 Å². The molecular formula is C16H22N2O. The van der Waals surface area contributed by atoms with E-state index in [2.05, 4.69) is 0 Å². The summed E-state index contributed by atoms with van der Waals surface area (Å²) < 4.78 is 0. The zero-order valence-electron chi connectivity index (χ0n) is 11.3. The van der Waals surface area contributed by atoms with E-state index in [0.29, 0.717) is 6.42 Å². The zero-order valence-corrected chi connectivity index (χ0v) is 11.3. The highest BCUT2D eigenvalue weighted by molar-refractivity contribution is 5.82. The average molecular weight is 258 g/mol. The Balaban J connectivity index is 1.58. The number of nitrogens with zero attached hydrogens (tertiary/aromatic N) is 1. The molecule has 3 unspecified atom stereocenters. The van der Waals surface area contributed by atoms with Crippen LogP contribution in [0.5, 0.6) is 0 Å². The molecule has 1 aliphatic heterocycles. The maximum atomic E-state index is 12.4. The van der Waals surface area contributed by atoms with E-state index in [1.54, 1.807) is 0 Å². The lowest BCUT2D eigenvalue weighted by Crippen LogP contribution is -2.44. The van der Waals surface area contributed by atoms with Crippen LogP contribution in [-0.4, -0.2) is 29.9 Å². The van der Waals surface area contributed by atoms with Crippen molar-refractivity contribution in [2.24, 2.45) is 17.6 Å². The number of nitrogens with two attached hydrogens (primary N) is 1. The molecule has 3 rings (SSSR count). The molecule has 102 valence electrons. The fraction of sp³-hybridized carbons (Fsp3) is 0.562. The molecule has 0 bridgehead atoms. The van der Waals surface area contributed by atoms with Crippen molar-refractivity contribution in [1.29, 1.82) is 0 Å². The zero-order chi connectivity index (χ0) is 13.2. The molecule has 1 aromatic rings. The summed E-state index contributed by atoms with van der Waals surface area (Å²) in [5.41, 5.74) is 7.23. The Morgan fingerprint density at radius 2 is 1.84 bits per heavy atom. The molecule has 2 aliphatic rings. The smallest absolute Gasteiger partial charge is 0.239 e. The summed E-state index contributed by atoms with van der Waals surface area (Å²) in [6.45, 7) is 1.87. The van der Waals surface area contributed by atoms with Crippen molar-refractivity contribution in [2.75, 3.05) is 13.1 Å². The minimum Gasteiger partial charge on any atom is -0.341 e. The van der Waals surface area contributed by atoms with Gasteiger partial charge in [0.05, 0.1) is 6.04 Å². The molecule has 19 heavy (non-hydrogen) atoms. The van der Waals surface area contributed by atoms with E-state index in [1.807, 2.05) is 35.2 Å². The lowest BCUT2D eigenvalue weighted by atomic mass is 10.0. The summed E-state index contributed by atoms with van der Waals surface area (Å²) in [6, 6.07) is 9.65. The van der Waals surface area contributed by atoms with Gasteiger partial charge >= 0.3 is 0 Å². The summed E-state index contributed by atoms with van der Waals surface area (Å²) >= 11 is 0. The molecule has 3 nitrogen and oxygen atoms in total. The van der Waals surface area contributed by atoms with Crippen molar-refractivity contribution in [3.8, 4) is 0 Å². The molecule has 0 aromatic heterocycles. The second-order valence-electron chi connectivity index (χ2n) is 5.99. The van der Waals surface area contributed by atoms with Crippen molar-refractivity contribution < 1.29 is 4.79 Å². The highest BCUT2D eigenvalue weighted by atomic mass is 16.2. The van der Waals surface area contributed by atoms with E-state index < -0.39 is 0 Å². The van der Waals surface area contributed by atoms with Gasteiger partial charge in [0.25, 0.3) is 0 Å². The highest BCUT2D eigenvalue weighted by Crippen LogP contribution is 2.37. The van der Waals surface area contributed by atoms with Crippen molar-refractivity contribution in [2.45, 2.75) is 31.7 Å². The van der Waals surface area contributed by atoms with Crippen LogP contribution in [0, 0.1) is 11.8 Å². The van der Waals surface area contributed by atoms with Gasteiger partial charge in [0.2, 0.25) is 5.91 Å². The molecule has 1 amide bonds. The Kier molecular flexibility index (Phi) is 3.56. The van der Waals surface area contributed by atoms with Crippen LogP contribution < -0.4 is 5.73 Å². The number of rotatable bonds is 3. The molecule has 1 saturated heterocycles. The van der Waals surface area contributed by atoms with Crippen LogP contribution in [0.3, 0.4) is 0 Å². The summed E-state index contributed by atoms with van der Waals surface area (Å²) in [5.74, 6) is 1.62.